The summed E-state index contributed by atoms with van der Waals surface area (Å²) in [4.78, 5) is 0.942. The van der Waals surface area contributed by atoms with Gasteiger partial charge >= 0.3 is 0 Å². The Hall–Kier alpha value is -2.44. The third-order valence-electron chi connectivity index (χ3n) is 2.36. The van der Waals surface area contributed by atoms with Crippen LogP contribution in [0.1, 0.15) is 5.69 Å². The molecule has 3 rings (SSSR count). The van der Waals surface area contributed by atoms with Crippen LogP contribution in [0, 0.1) is 11.3 Å². The fourth-order valence-electron chi connectivity index (χ4n) is 1.45. The monoisotopic (exact) mass is 301 g/mol. The number of nitrogens with two attached hydrogens (primary N) is 1. The summed E-state index contributed by atoms with van der Waals surface area (Å²) in [6.45, 7) is 0. The first-order valence-corrected chi connectivity index (χ1v) is 7.13. The maximum absolute atomic E-state index is 8.67. The minimum absolute atomic E-state index is 0.267. The zero-order valence-electron chi connectivity index (χ0n) is 9.96. The molecular formula is C11H7N7S2. The average Bonchev–Trinajstić information content (AvgIpc) is 3.11. The lowest BCUT2D eigenvalue weighted by Crippen LogP contribution is -2.11. The van der Waals surface area contributed by atoms with Crippen LogP contribution in [-0.4, -0.2) is 25.1 Å². The molecule has 0 aliphatic rings. The first-order valence-electron chi connectivity index (χ1n) is 5.44. The maximum Gasteiger partial charge on any atom is 0.216 e. The molecule has 0 saturated carbocycles. The molecule has 9 heteroatoms. The lowest BCUT2D eigenvalue weighted by Gasteiger charge is -2.01. The van der Waals surface area contributed by atoms with Crippen molar-refractivity contribution in [2.75, 3.05) is 5.84 Å². The quantitative estimate of drug-likeness (QED) is 0.731. The van der Waals surface area contributed by atoms with Gasteiger partial charge in [0.05, 0.1) is 4.88 Å². The van der Waals surface area contributed by atoms with E-state index in [2.05, 4.69) is 20.4 Å². The van der Waals surface area contributed by atoms with Gasteiger partial charge in [-0.05, 0) is 35.3 Å². The largest absolute Gasteiger partial charge is 0.335 e. The van der Waals surface area contributed by atoms with Gasteiger partial charge in [-0.15, -0.1) is 31.7 Å². The highest BCUT2D eigenvalue weighted by molar-refractivity contribution is 7.99. The molecule has 3 aromatic heterocycles. The summed E-state index contributed by atoms with van der Waals surface area (Å²) in [5.74, 6) is 6.58. The van der Waals surface area contributed by atoms with Crippen LogP contribution in [0.25, 0.3) is 10.7 Å². The molecule has 0 atom stereocenters. The van der Waals surface area contributed by atoms with E-state index in [0.717, 1.165) is 4.88 Å². The molecule has 0 fully saturated rings. The Morgan fingerprint density at radius 1 is 1.20 bits per heavy atom. The van der Waals surface area contributed by atoms with Gasteiger partial charge in [-0.2, -0.15) is 5.26 Å². The van der Waals surface area contributed by atoms with Gasteiger partial charge in [-0.25, -0.2) is 4.68 Å². The van der Waals surface area contributed by atoms with Crippen molar-refractivity contribution in [3.8, 4) is 16.8 Å². The standard InChI is InChI=1S/C11H7N7S2/c12-6-7-3-4-9(15-14-7)20-11-17-16-10(18(11)13)8-2-1-5-19-8/h1-5H,13H2. The highest BCUT2D eigenvalue weighted by Gasteiger charge is 2.14. The van der Waals surface area contributed by atoms with Gasteiger partial charge in [-0.1, -0.05) is 6.07 Å². The predicted octanol–water partition coefficient (Wildman–Crippen LogP) is 1.53. The van der Waals surface area contributed by atoms with Crippen LogP contribution in [0.5, 0.6) is 0 Å². The summed E-state index contributed by atoms with van der Waals surface area (Å²) in [5, 5.41) is 27.5. The van der Waals surface area contributed by atoms with Crippen molar-refractivity contribution >= 4 is 23.1 Å². The van der Waals surface area contributed by atoms with Crippen LogP contribution < -0.4 is 5.84 Å². The zero-order valence-corrected chi connectivity index (χ0v) is 11.6. The maximum atomic E-state index is 8.67. The van der Waals surface area contributed by atoms with Gasteiger partial charge < -0.3 is 5.84 Å². The van der Waals surface area contributed by atoms with Gasteiger partial charge in [0.1, 0.15) is 11.1 Å². The van der Waals surface area contributed by atoms with E-state index in [1.165, 1.54) is 27.8 Å². The van der Waals surface area contributed by atoms with Crippen LogP contribution in [0.2, 0.25) is 0 Å². The molecule has 0 bridgehead atoms. The third kappa shape index (κ3) is 2.34. The minimum atomic E-state index is 0.267. The molecule has 2 N–H and O–H groups in total. The highest BCUT2D eigenvalue weighted by Crippen LogP contribution is 2.28. The number of nitrogen functional groups attached to an aromatic ring is 1. The number of nitriles is 1. The Bertz CT molecular complexity index is 755. The molecule has 98 valence electrons. The van der Waals surface area contributed by atoms with Gasteiger partial charge in [0, 0.05) is 0 Å². The molecule has 0 spiro atoms. The van der Waals surface area contributed by atoms with Crippen molar-refractivity contribution in [3.63, 3.8) is 0 Å². The fraction of sp³-hybridized carbons (Fsp3) is 0. The number of hydrogen-bond donors (Lipinski definition) is 1. The van der Waals surface area contributed by atoms with Crippen LogP contribution in [0.3, 0.4) is 0 Å². The first-order chi connectivity index (χ1) is 9.78. The summed E-state index contributed by atoms with van der Waals surface area (Å²) < 4.78 is 1.41. The fourth-order valence-corrected chi connectivity index (χ4v) is 2.82. The van der Waals surface area contributed by atoms with E-state index in [1.807, 2.05) is 23.6 Å². The number of rotatable bonds is 3. The molecule has 0 aliphatic carbocycles. The predicted molar refractivity (Wildman–Crippen MR) is 74.4 cm³/mol. The van der Waals surface area contributed by atoms with Gasteiger partial charge in [0.15, 0.2) is 11.5 Å². The van der Waals surface area contributed by atoms with E-state index >= 15 is 0 Å². The zero-order chi connectivity index (χ0) is 13.9. The van der Waals surface area contributed by atoms with Gasteiger partial charge in [-0.3, -0.25) is 0 Å². The first kappa shape index (κ1) is 12.6. The molecular weight excluding hydrogens is 294 g/mol. The molecule has 0 unspecified atom stereocenters. The Morgan fingerprint density at radius 2 is 2.10 bits per heavy atom. The second-order valence-corrected chi connectivity index (χ2v) is 5.56. The normalized spacial score (nSPS) is 10.3. The second-order valence-electron chi connectivity index (χ2n) is 3.62. The number of thiophene rings is 1. The molecule has 20 heavy (non-hydrogen) atoms. The summed E-state index contributed by atoms with van der Waals surface area (Å²) in [5.41, 5.74) is 0.267. The second kappa shape index (κ2) is 5.28. The average molecular weight is 301 g/mol. The Balaban J connectivity index is 1.86. The Morgan fingerprint density at radius 3 is 2.75 bits per heavy atom. The van der Waals surface area contributed by atoms with Gasteiger partial charge in [0.25, 0.3) is 0 Å². The molecule has 3 heterocycles. The van der Waals surface area contributed by atoms with E-state index in [0.29, 0.717) is 16.0 Å². The molecule has 0 amide bonds. The van der Waals surface area contributed by atoms with Crippen LogP contribution in [0.4, 0.5) is 0 Å². The third-order valence-corrected chi connectivity index (χ3v) is 4.11. The summed E-state index contributed by atoms with van der Waals surface area (Å²) in [7, 11) is 0. The van der Waals surface area contributed by atoms with Crippen molar-refractivity contribution < 1.29 is 0 Å². The van der Waals surface area contributed by atoms with E-state index < -0.39 is 0 Å². The molecule has 0 saturated heterocycles. The van der Waals surface area contributed by atoms with Crippen LogP contribution in [-0.2, 0) is 0 Å². The van der Waals surface area contributed by atoms with E-state index in [9.17, 15) is 0 Å². The van der Waals surface area contributed by atoms with E-state index in [1.54, 1.807) is 12.1 Å². The molecule has 0 aliphatic heterocycles. The lowest BCUT2D eigenvalue weighted by atomic mass is 10.4. The Kier molecular flexibility index (Phi) is 3.32. The van der Waals surface area contributed by atoms with Crippen molar-refractivity contribution in [3.05, 3.63) is 35.3 Å². The number of nitrogens with zero attached hydrogens (tertiary/aromatic N) is 6. The summed E-state index contributed by atoms with van der Waals surface area (Å²) in [6, 6.07) is 9.04. The van der Waals surface area contributed by atoms with Crippen LogP contribution >= 0.6 is 23.1 Å². The van der Waals surface area contributed by atoms with Crippen molar-refractivity contribution in [2.45, 2.75) is 10.2 Å². The van der Waals surface area contributed by atoms with Crippen LogP contribution in [0.15, 0.2) is 39.8 Å². The summed E-state index contributed by atoms with van der Waals surface area (Å²) in [6.07, 6.45) is 0. The van der Waals surface area contributed by atoms with Crippen molar-refractivity contribution in [1.29, 1.82) is 5.26 Å². The molecule has 7 nitrogen and oxygen atoms in total. The molecule has 0 aromatic carbocycles. The van der Waals surface area contributed by atoms with Gasteiger partial charge in [0.2, 0.25) is 5.16 Å². The minimum Gasteiger partial charge on any atom is -0.335 e. The topological polar surface area (TPSA) is 106 Å². The van der Waals surface area contributed by atoms with E-state index in [4.69, 9.17) is 11.1 Å². The SMILES string of the molecule is N#Cc1ccc(Sc2nnc(-c3cccs3)n2N)nn1. The molecule has 3 aromatic rings. The number of hydrogen-bond acceptors (Lipinski definition) is 8. The van der Waals surface area contributed by atoms with E-state index in [-0.39, 0.29) is 5.69 Å². The number of aromatic nitrogens is 5. The molecule has 0 radical (unpaired) electrons. The smallest absolute Gasteiger partial charge is 0.216 e. The lowest BCUT2D eigenvalue weighted by molar-refractivity contribution is 0.840. The highest BCUT2D eigenvalue weighted by atomic mass is 32.2. The summed E-state index contributed by atoms with van der Waals surface area (Å²) >= 11 is 2.78. The Labute approximate surface area is 122 Å². The van der Waals surface area contributed by atoms with Crippen molar-refractivity contribution in [2.24, 2.45) is 0 Å². The van der Waals surface area contributed by atoms with Crippen molar-refractivity contribution in [1.82, 2.24) is 25.1 Å².